The standard InChI is InChI=1S/C35H34O6/c1-9-40-33-21(3)31(38-7)27(19-29(33)36-5)35(25-17-13-11-15-23(25)24-16-12-14-18-26(24)35)28-20-30(37-6)34(41-10-2)22(4)32(28)39-8/h9-20H,1-2H2,3-8H3. The molecule has 6 heteroatoms. The number of methoxy groups -OCH3 is 4. The molecule has 0 saturated carbocycles. The van der Waals surface area contributed by atoms with E-state index in [-0.39, 0.29) is 0 Å². The Morgan fingerprint density at radius 3 is 1.27 bits per heavy atom. The van der Waals surface area contributed by atoms with Crippen LogP contribution in [-0.4, -0.2) is 28.4 Å². The summed E-state index contributed by atoms with van der Waals surface area (Å²) in [5, 5.41) is 0. The minimum Gasteiger partial charge on any atom is -0.496 e. The highest BCUT2D eigenvalue weighted by atomic mass is 16.5. The fourth-order valence-electron chi connectivity index (χ4n) is 6.31. The first kappa shape index (κ1) is 27.7. The van der Waals surface area contributed by atoms with E-state index in [2.05, 4.69) is 61.7 Å². The van der Waals surface area contributed by atoms with Crippen LogP contribution in [0.5, 0.6) is 34.5 Å². The summed E-state index contributed by atoms with van der Waals surface area (Å²) in [5.74, 6) is 3.47. The third-order valence-electron chi connectivity index (χ3n) is 7.86. The average molecular weight is 551 g/mol. The summed E-state index contributed by atoms with van der Waals surface area (Å²) in [6.45, 7) is 11.4. The molecule has 4 aromatic rings. The second-order valence-corrected chi connectivity index (χ2v) is 9.64. The van der Waals surface area contributed by atoms with E-state index in [1.807, 2.05) is 26.0 Å². The highest BCUT2D eigenvalue weighted by molar-refractivity contribution is 5.89. The van der Waals surface area contributed by atoms with Gasteiger partial charge in [-0.05, 0) is 48.2 Å². The van der Waals surface area contributed by atoms with Crippen LogP contribution in [0.4, 0.5) is 0 Å². The molecule has 1 aliphatic carbocycles. The van der Waals surface area contributed by atoms with Crippen LogP contribution in [0.15, 0.2) is 86.3 Å². The Morgan fingerprint density at radius 2 is 0.927 bits per heavy atom. The Balaban J connectivity index is 2.07. The molecule has 5 rings (SSSR count). The van der Waals surface area contributed by atoms with Crippen LogP contribution in [0.1, 0.15) is 33.4 Å². The Morgan fingerprint density at radius 1 is 0.537 bits per heavy atom. The van der Waals surface area contributed by atoms with Crippen LogP contribution in [0.3, 0.4) is 0 Å². The van der Waals surface area contributed by atoms with Crippen LogP contribution in [-0.2, 0) is 5.41 Å². The lowest BCUT2D eigenvalue weighted by molar-refractivity contribution is 0.357. The van der Waals surface area contributed by atoms with Gasteiger partial charge < -0.3 is 28.4 Å². The van der Waals surface area contributed by atoms with Gasteiger partial charge in [-0.25, -0.2) is 0 Å². The molecule has 0 heterocycles. The smallest absolute Gasteiger partial charge is 0.174 e. The predicted octanol–water partition coefficient (Wildman–Crippen LogP) is 7.75. The summed E-state index contributed by atoms with van der Waals surface area (Å²) < 4.78 is 35.8. The van der Waals surface area contributed by atoms with Gasteiger partial charge in [-0.1, -0.05) is 61.7 Å². The van der Waals surface area contributed by atoms with Crippen molar-refractivity contribution in [2.24, 2.45) is 0 Å². The summed E-state index contributed by atoms with van der Waals surface area (Å²) in [5.41, 5.74) is 6.72. The van der Waals surface area contributed by atoms with Crippen LogP contribution in [0, 0.1) is 13.8 Å². The van der Waals surface area contributed by atoms with Gasteiger partial charge in [-0.3, -0.25) is 0 Å². The molecule has 0 saturated heterocycles. The van der Waals surface area contributed by atoms with Gasteiger partial charge in [0, 0.05) is 22.3 Å². The van der Waals surface area contributed by atoms with Gasteiger partial charge >= 0.3 is 0 Å². The predicted molar refractivity (Wildman–Crippen MR) is 161 cm³/mol. The number of rotatable bonds is 10. The second kappa shape index (κ2) is 11.0. The second-order valence-electron chi connectivity index (χ2n) is 9.64. The zero-order valence-electron chi connectivity index (χ0n) is 24.3. The van der Waals surface area contributed by atoms with Crippen molar-refractivity contribution in [1.82, 2.24) is 0 Å². The van der Waals surface area contributed by atoms with Gasteiger partial charge in [0.1, 0.15) is 11.5 Å². The Bertz CT molecular complexity index is 1530. The topological polar surface area (TPSA) is 55.4 Å². The quantitative estimate of drug-likeness (QED) is 0.166. The molecule has 0 fully saturated rings. The van der Waals surface area contributed by atoms with Gasteiger partial charge in [0.05, 0.1) is 46.4 Å². The molecular formula is C35H34O6. The van der Waals surface area contributed by atoms with E-state index in [1.165, 1.54) is 12.5 Å². The van der Waals surface area contributed by atoms with E-state index in [0.717, 1.165) is 44.5 Å². The average Bonchev–Trinajstić information content (AvgIpc) is 3.30. The monoisotopic (exact) mass is 550 g/mol. The minimum absolute atomic E-state index is 0.535. The van der Waals surface area contributed by atoms with Gasteiger partial charge in [0.15, 0.2) is 23.0 Å². The largest absolute Gasteiger partial charge is 0.496 e. The minimum atomic E-state index is -0.903. The van der Waals surface area contributed by atoms with Gasteiger partial charge in [0.25, 0.3) is 0 Å². The third kappa shape index (κ3) is 3.93. The van der Waals surface area contributed by atoms with Crippen molar-refractivity contribution in [3.05, 3.63) is 120 Å². The molecule has 4 aromatic carbocycles. The van der Waals surface area contributed by atoms with Crippen molar-refractivity contribution in [1.29, 1.82) is 0 Å². The normalized spacial score (nSPS) is 12.5. The van der Waals surface area contributed by atoms with E-state index in [0.29, 0.717) is 34.5 Å². The molecule has 0 N–H and O–H groups in total. The molecule has 6 nitrogen and oxygen atoms in total. The maximum absolute atomic E-state index is 6.19. The van der Waals surface area contributed by atoms with Gasteiger partial charge in [0.2, 0.25) is 0 Å². The molecule has 210 valence electrons. The van der Waals surface area contributed by atoms with Crippen molar-refractivity contribution in [3.63, 3.8) is 0 Å². The van der Waals surface area contributed by atoms with E-state index >= 15 is 0 Å². The number of hydrogen-bond acceptors (Lipinski definition) is 6. The van der Waals surface area contributed by atoms with Crippen LogP contribution >= 0.6 is 0 Å². The highest BCUT2D eigenvalue weighted by Crippen LogP contribution is 2.62. The van der Waals surface area contributed by atoms with Gasteiger partial charge in [-0.15, -0.1) is 0 Å². The van der Waals surface area contributed by atoms with E-state index in [4.69, 9.17) is 28.4 Å². The first-order chi connectivity index (χ1) is 19.9. The third-order valence-corrected chi connectivity index (χ3v) is 7.86. The van der Waals surface area contributed by atoms with Crippen molar-refractivity contribution >= 4 is 0 Å². The molecule has 41 heavy (non-hydrogen) atoms. The summed E-state index contributed by atoms with van der Waals surface area (Å²) in [7, 11) is 6.58. The summed E-state index contributed by atoms with van der Waals surface area (Å²) in [4.78, 5) is 0. The summed E-state index contributed by atoms with van der Waals surface area (Å²) in [6.07, 6.45) is 2.77. The zero-order chi connectivity index (χ0) is 29.3. The molecule has 0 amide bonds. The number of fused-ring (bicyclic) bond motifs is 3. The fraction of sp³-hybridized carbons (Fsp3) is 0.200. The molecule has 0 aliphatic heterocycles. The maximum atomic E-state index is 6.19. The van der Waals surface area contributed by atoms with Crippen LogP contribution in [0.2, 0.25) is 0 Å². The van der Waals surface area contributed by atoms with Crippen LogP contribution in [0.25, 0.3) is 11.1 Å². The Hall–Kier alpha value is -4.84. The van der Waals surface area contributed by atoms with E-state index in [9.17, 15) is 0 Å². The maximum Gasteiger partial charge on any atom is 0.174 e. The zero-order valence-corrected chi connectivity index (χ0v) is 24.3. The number of hydrogen-bond donors (Lipinski definition) is 0. The molecule has 1 aliphatic rings. The highest BCUT2D eigenvalue weighted by Gasteiger charge is 2.50. The molecule has 0 aromatic heterocycles. The molecule has 0 bridgehead atoms. The van der Waals surface area contributed by atoms with Crippen molar-refractivity contribution in [2.45, 2.75) is 19.3 Å². The lowest BCUT2D eigenvalue weighted by atomic mass is 9.66. The van der Waals surface area contributed by atoms with Gasteiger partial charge in [-0.2, -0.15) is 0 Å². The van der Waals surface area contributed by atoms with Crippen molar-refractivity contribution < 1.29 is 28.4 Å². The molecule has 0 unspecified atom stereocenters. The molecule has 0 radical (unpaired) electrons. The number of benzene rings is 4. The lowest BCUT2D eigenvalue weighted by Crippen LogP contribution is -2.30. The van der Waals surface area contributed by atoms with Crippen LogP contribution < -0.4 is 28.4 Å². The Kier molecular flexibility index (Phi) is 7.41. The Labute approximate surface area is 241 Å². The van der Waals surface area contributed by atoms with Crippen molar-refractivity contribution in [2.75, 3.05) is 28.4 Å². The summed E-state index contributed by atoms with van der Waals surface area (Å²) >= 11 is 0. The molecule has 0 atom stereocenters. The van der Waals surface area contributed by atoms with E-state index in [1.54, 1.807) is 28.4 Å². The van der Waals surface area contributed by atoms with Crippen molar-refractivity contribution in [3.8, 4) is 45.6 Å². The first-order valence-electron chi connectivity index (χ1n) is 13.2. The number of ether oxygens (including phenoxy) is 6. The lowest BCUT2D eigenvalue weighted by Gasteiger charge is -2.37. The first-order valence-corrected chi connectivity index (χ1v) is 13.2. The summed E-state index contributed by atoms with van der Waals surface area (Å²) in [6, 6.07) is 20.8. The fourth-order valence-corrected chi connectivity index (χ4v) is 6.31. The molecular weight excluding hydrogens is 516 g/mol. The molecule has 0 spiro atoms. The van der Waals surface area contributed by atoms with E-state index < -0.39 is 5.41 Å². The SMILES string of the molecule is C=COc1c(OC)cc(C2(c3cc(OC)c(OC=C)c(C)c3OC)c3ccccc3-c3ccccc32)c(OC)c1C.